The van der Waals surface area contributed by atoms with Gasteiger partial charge in [-0.1, -0.05) is 19.9 Å². The molecule has 5 nitrogen and oxygen atoms in total. The molecular weight excluding hydrogens is 338 g/mol. The molecule has 0 aliphatic heterocycles. The lowest BCUT2D eigenvalue weighted by Crippen LogP contribution is -2.55. The van der Waals surface area contributed by atoms with Gasteiger partial charge in [0.2, 0.25) is 0 Å². The molecule has 0 aromatic rings. The lowest BCUT2D eigenvalue weighted by atomic mass is 9.44. The molecule has 7 atom stereocenters. The number of allylic oxidation sites excluding steroid dienone is 2. The van der Waals surface area contributed by atoms with Crippen molar-refractivity contribution >= 4 is 5.78 Å². The zero-order valence-electron chi connectivity index (χ0n) is 16.7. The van der Waals surface area contributed by atoms with Crippen LogP contribution >= 0.6 is 0 Å². The Kier molecular flexibility index (Phi) is 4.84. The monoisotopic (exact) mass is 371 g/mol. The van der Waals surface area contributed by atoms with Crippen molar-refractivity contribution in [1.29, 1.82) is 5.26 Å². The van der Waals surface area contributed by atoms with Crippen LogP contribution in [0.25, 0.3) is 0 Å². The number of nitrogens with one attached hydrogen (secondary N) is 1. The van der Waals surface area contributed by atoms with Crippen LogP contribution in [-0.2, 0) is 9.63 Å². The molecule has 0 heterocycles. The Morgan fingerprint density at radius 3 is 2.85 bits per heavy atom. The summed E-state index contributed by atoms with van der Waals surface area (Å²) < 4.78 is 0. The van der Waals surface area contributed by atoms with Crippen molar-refractivity contribution in [2.45, 2.75) is 58.8 Å². The molecule has 0 amide bonds. The van der Waals surface area contributed by atoms with Crippen LogP contribution in [0, 0.1) is 51.8 Å². The first-order chi connectivity index (χ1) is 12.9. The summed E-state index contributed by atoms with van der Waals surface area (Å²) in [4.78, 5) is 18.0. The maximum absolute atomic E-state index is 12.6. The Balaban J connectivity index is 1.61. The number of fused-ring (bicyclic) bond motifs is 5. The predicted molar refractivity (Wildman–Crippen MR) is 103 cm³/mol. The van der Waals surface area contributed by atoms with Crippen LogP contribution < -0.4 is 11.2 Å². The summed E-state index contributed by atoms with van der Waals surface area (Å²) in [5.74, 6) is 2.40. The van der Waals surface area contributed by atoms with Gasteiger partial charge in [-0.2, -0.15) is 5.26 Å². The second kappa shape index (κ2) is 6.90. The van der Waals surface area contributed by atoms with E-state index >= 15 is 0 Å². The van der Waals surface area contributed by atoms with E-state index in [-0.39, 0.29) is 22.7 Å². The minimum absolute atomic E-state index is 0.0286. The summed E-state index contributed by atoms with van der Waals surface area (Å²) in [6.07, 6.45) is 9.21. The molecule has 3 saturated carbocycles. The summed E-state index contributed by atoms with van der Waals surface area (Å²) in [5.41, 5.74) is 9.68. The molecule has 1 unspecified atom stereocenters. The number of carbonyl (C=O) groups is 1. The first-order valence-electron chi connectivity index (χ1n) is 10.7. The Morgan fingerprint density at radius 2 is 2.11 bits per heavy atom. The third kappa shape index (κ3) is 2.84. The predicted octanol–water partition coefficient (Wildman–Crippen LogP) is 3.32. The molecular formula is C22H33N3O2. The van der Waals surface area contributed by atoms with Crippen molar-refractivity contribution in [3.05, 3.63) is 11.8 Å². The van der Waals surface area contributed by atoms with Crippen molar-refractivity contribution in [1.82, 2.24) is 5.48 Å². The van der Waals surface area contributed by atoms with Crippen molar-refractivity contribution in [3.8, 4) is 6.07 Å². The number of Topliss-reactive ketones (excluding diaryl/α,β-unsaturated/α-hetero) is 1. The fourth-order valence-corrected chi connectivity index (χ4v) is 7.14. The lowest BCUT2D eigenvalue weighted by molar-refractivity contribution is -0.137. The average molecular weight is 372 g/mol. The van der Waals surface area contributed by atoms with E-state index in [1.54, 1.807) is 0 Å². The van der Waals surface area contributed by atoms with Crippen LogP contribution in [0.4, 0.5) is 0 Å². The second-order valence-electron chi connectivity index (χ2n) is 9.73. The highest BCUT2D eigenvalue weighted by atomic mass is 16.6. The Hall–Kier alpha value is -1.38. The number of ketones is 1. The van der Waals surface area contributed by atoms with E-state index in [0.717, 1.165) is 50.6 Å². The SMILES string of the molecule is C[C@]12CCC(NOCCN)=CC1[C@H](C#N)C[C@@H]1[C@@H]2CC[C@]2(C)C(=O)CC[C@@H]12. The molecule has 0 aromatic heterocycles. The molecule has 4 aliphatic rings. The first-order valence-corrected chi connectivity index (χ1v) is 10.7. The van der Waals surface area contributed by atoms with E-state index in [0.29, 0.717) is 36.7 Å². The topological polar surface area (TPSA) is 88.1 Å². The molecule has 0 bridgehead atoms. The number of nitriles is 1. The average Bonchev–Trinajstić information content (AvgIpc) is 2.96. The van der Waals surface area contributed by atoms with E-state index in [1.165, 1.54) is 0 Å². The zero-order valence-corrected chi connectivity index (χ0v) is 16.7. The van der Waals surface area contributed by atoms with Crippen molar-refractivity contribution < 1.29 is 9.63 Å². The van der Waals surface area contributed by atoms with E-state index in [9.17, 15) is 10.1 Å². The normalized spacial score (nSPS) is 45.9. The van der Waals surface area contributed by atoms with Gasteiger partial charge in [-0.05, 0) is 61.7 Å². The highest BCUT2D eigenvalue weighted by molar-refractivity contribution is 5.87. The standard InChI is InChI=1S/C22H33N3O2/c1-21-7-5-15(25-27-10-9-23)12-19(21)14(13-24)11-16-17-3-4-20(26)22(17,2)8-6-18(16)21/h12,14,16-19,25H,3-11,23H2,1-2H3/t14-,16-,17-,18-,19?,21+,22-/m0/s1. The summed E-state index contributed by atoms with van der Waals surface area (Å²) >= 11 is 0. The highest BCUT2D eigenvalue weighted by Crippen LogP contribution is 2.66. The van der Waals surface area contributed by atoms with Crippen LogP contribution in [-0.4, -0.2) is 18.9 Å². The van der Waals surface area contributed by atoms with Crippen LogP contribution in [0.3, 0.4) is 0 Å². The number of rotatable bonds is 4. The quantitative estimate of drug-likeness (QED) is 0.585. The van der Waals surface area contributed by atoms with Gasteiger partial charge in [0.1, 0.15) is 5.78 Å². The first kappa shape index (κ1) is 19.0. The molecule has 0 spiro atoms. The number of carbonyl (C=O) groups excluding carboxylic acids is 1. The molecule has 3 fully saturated rings. The van der Waals surface area contributed by atoms with Gasteiger partial charge in [-0.3, -0.25) is 15.1 Å². The van der Waals surface area contributed by atoms with Crippen molar-refractivity contribution in [2.75, 3.05) is 13.2 Å². The summed E-state index contributed by atoms with van der Waals surface area (Å²) in [6, 6.07) is 2.63. The van der Waals surface area contributed by atoms with Gasteiger partial charge in [0.05, 0.1) is 18.6 Å². The zero-order chi connectivity index (χ0) is 19.2. The number of hydroxylamine groups is 1. The van der Waals surface area contributed by atoms with E-state index in [4.69, 9.17) is 10.6 Å². The fourth-order valence-electron chi connectivity index (χ4n) is 7.14. The molecule has 5 heteroatoms. The number of hydrogen-bond donors (Lipinski definition) is 2. The van der Waals surface area contributed by atoms with Crippen LogP contribution in [0.1, 0.15) is 58.8 Å². The van der Waals surface area contributed by atoms with Crippen LogP contribution in [0.5, 0.6) is 0 Å². The largest absolute Gasteiger partial charge is 0.328 e. The molecule has 27 heavy (non-hydrogen) atoms. The molecule has 0 saturated heterocycles. The van der Waals surface area contributed by atoms with Gasteiger partial charge in [0, 0.05) is 30.0 Å². The van der Waals surface area contributed by atoms with Crippen molar-refractivity contribution in [2.24, 2.45) is 46.2 Å². The van der Waals surface area contributed by atoms with Crippen LogP contribution in [0.2, 0.25) is 0 Å². The highest BCUT2D eigenvalue weighted by Gasteiger charge is 2.61. The van der Waals surface area contributed by atoms with Crippen LogP contribution in [0.15, 0.2) is 11.8 Å². The summed E-state index contributed by atoms with van der Waals surface area (Å²) in [6.45, 7) is 5.59. The van der Waals surface area contributed by atoms with E-state index in [1.807, 2.05) is 0 Å². The molecule has 0 radical (unpaired) electrons. The minimum atomic E-state index is -0.127. The molecule has 0 aromatic carbocycles. The number of nitrogens with zero attached hydrogens (tertiary/aromatic N) is 1. The lowest BCUT2D eigenvalue weighted by Gasteiger charge is -2.60. The van der Waals surface area contributed by atoms with Gasteiger partial charge in [-0.15, -0.1) is 0 Å². The molecule has 148 valence electrons. The van der Waals surface area contributed by atoms with Gasteiger partial charge in [0.15, 0.2) is 0 Å². The maximum atomic E-state index is 12.6. The summed E-state index contributed by atoms with van der Waals surface area (Å²) in [5, 5.41) is 9.98. The molecule has 4 rings (SSSR count). The Morgan fingerprint density at radius 1 is 1.30 bits per heavy atom. The third-order valence-corrected chi connectivity index (χ3v) is 8.62. The molecule has 3 N–H and O–H groups in total. The van der Waals surface area contributed by atoms with Crippen molar-refractivity contribution in [3.63, 3.8) is 0 Å². The third-order valence-electron chi connectivity index (χ3n) is 8.62. The Bertz CT molecular complexity index is 684. The van der Waals surface area contributed by atoms with Gasteiger partial charge in [-0.25, -0.2) is 0 Å². The summed E-state index contributed by atoms with van der Waals surface area (Å²) in [7, 11) is 0. The number of hydrogen-bond acceptors (Lipinski definition) is 5. The second-order valence-corrected chi connectivity index (χ2v) is 9.73. The fraction of sp³-hybridized carbons (Fsp3) is 0.818. The van der Waals surface area contributed by atoms with E-state index < -0.39 is 0 Å². The van der Waals surface area contributed by atoms with Gasteiger partial charge >= 0.3 is 0 Å². The van der Waals surface area contributed by atoms with E-state index in [2.05, 4.69) is 31.5 Å². The Labute approximate surface area is 162 Å². The van der Waals surface area contributed by atoms with Gasteiger partial charge < -0.3 is 5.73 Å². The number of nitrogens with two attached hydrogens (primary N) is 1. The maximum Gasteiger partial charge on any atom is 0.139 e. The minimum Gasteiger partial charge on any atom is -0.328 e. The smallest absolute Gasteiger partial charge is 0.139 e. The van der Waals surface area contributed by atoms with Gasteiger partial charge in [0.25, 0.3) is 0 Å². The molecule has 4 aliphatic carbocycles.